The van der Waals surface area contributed by atoms with Crippen LogP contribution in [0.4, 0.5) is 11.4 Å². The monoisotopic (exact) mass is 305 g/mol. The SMILES string of the molecule is NCCCc1cccc(Nc2ccc(S(N)(=O)=O)cc2)c1. The Kier molecular flexibility index (Phi) is 4.95. The van der Waals surface area contributed by atoms with Crippen LogP contribution in [0.5, 0.6) is 0 Å². The van der Waals surface area contributed by atoms with Gasteiger partial charge in [-0.25, -0.2) is 13.6 Å². The Morgan fingerprint density at radius 3 is 2.33 bits per heavy atom. The van der Waals surface area contributed by atoms with Crippen LogP contribution in [-0.4, -0.2) is 15.0 Å². The molecule has 2 aromatic carbocycles. The molecule has 0 aliphatic carbocycles. The lowest BCUT2D eigenvalue weighted by atomic mass is 10.1. The predicted octanol–water partition coefficient (Wildman–Crippen LogP) is 1.97. The molecule has 21 heavy (non-hydrogen) atoms. The van der Waals surface area contributed by atoms with Gasteiger partial charge in [-0.3, -0.25) is 0 Å². The molecule has 0 aliphatic heterocycles. The second-order valence-electron chi connectivity index (χ2n) is 4.79. The highest BCUT2D eigenvalue weighted by Crippen LogP contribution is 2.20. The van der Waals surface area contributed by atoms with Crippen LogP contribution >= 0.6 is 0 Å². The van der Waals surface area contributed by atoms with Crippen LogP contribution in [0.2, 0.25) is 0 Å². The minimum Gasteiger partial charge on any atom is -0.356 e. The molecule has 2 rings (SSSR count). The van der Waals surface area contributed by atoms with Gasteiger partial charge >= 0.3 is 0 Å². The van der Waals surface area contributed by atoms with Crippen molar-refractivity contribution in [3.05, 3.63) is 54.1 Å². The largest absolute Gasteiger partial charge is 0.356 e. The van der Waals surface area contributed by atoms with E-state index in [1.807, 2.05) is 12.1 Å². The van der Waals surface area contributed by atoms with E-state index in [9.17, 15) is 8.42 Å². The van der Waals surface area contributed by atoms with E-state index in [-0.39, 0.29) is 4.90 Å². The Labute approximate surface area is 125 Å². The van der Waals surface area contributed by atoms with E-state index in [0.29, 0.717) is 6.54 Å². The first-order valence-corrected chi connectivity index (χ1v) is 8.22. The molecule has 0 heterocycles. The van der Waals surface area contributed by atoms with Crippen LogP contribution in [-0.2, 0) is 16.4 Å². The number of aryl methyl sites for hydroxylation is 1. The molecular weight excluding hydrogens is 286 g/mol. The molecule has 0 unspecified atom stereocenters. The molecule has 5 N–H and O–H groups in total. The summed E-state index contributed by atoms with van der Waals surface area (Å²) in [5.74, 6) is 0. The van der Waals surface area contributed by atoms with Gasteiger partial charge in [0.15, 0.2) is 0 Å². The van der Waals surface area contributed by atoms with Crippen molar-refractivity contribution in [3.63, 3.8) is 0 Å². The van der Waals surface area contributed by atoms with Crippen molar-refractivity contribution in [2.75, 3.05) is 11.9 Å². The molecule has 0 bridgehead atoms. The number of rotatable bonds is 6. The van der Waals surface area contributed by atoms with Crippen molar-refractivity contribution < 1.29 is 8.42 Å². The summed E-state index contributed by atoms with van der Waals surface area (Å²) in [6.45, 7) is 0.673. The number of benzene rings is 2. The third-order valence-electron chi connectivity index (χ3n) is 3.07. The van der Waals surface area contributed by atoms with Crippen molar-refractivity contribution >= 4 is 21.4 Å². The quantitative estimate of drug-likeness (QED) is 0.760. The first-order valence-electron chi connectivity index (χ1n) is 6.68. The first kappa shape index (κ1) is 15.5. The third-order valence-corrected chi connectivity index (χ3v) is 4.00. The van der Waals surface area contributed by atoms with E-state index in [1.165, 1.54) is 17.7 Å². The van der Waals surface area contributed by atoms with Crippen molar-refractivity contribution in [1.29, 1.82) is 0 Å². The van der Waals surface area contributed by atoms with Gasteiger partial charge in [-0.2, -0.15) is 0 Å². The fourth-order valence-electron chi connectivity index (χ4n) is 2.01. The maximum absolute atomic E-state index is 11.2. The molecule has 0 amide bonds. The second kappa shape index (κ2) is 6.71. The van der Waals surface area contributed by atoms with Gasteiger partial charge in [-0.05, 0) is 61.3 Å². The molecule has 0 radical (unpaired) electrons. The normalized spacial score (nSPS) is 11.3. The fraction of sp³-hybridized carbons (Fsp3) is 0.200. The number of primary sulfonamides is 1. The van der Waals surface area contributed by atoms with Crippen molar-refractivity contribution in [2.45, 2.75) is 17.7 Å². The van der Waals surface area contributed by atoms with Crippen LogP contribution in [0.25, 0.3) is 0 Å². The Hall–Kier alpha value is -1.89. The van der Waals surface area contributed by atoms with E-state index in [2.05, 4.69) is 17.4 Å². The lowest BCUT2D eigenvalue weighted by Crippen LogP contribution is -2.11. The van der Waals surface area contributed by atoms with Crippen LogP contribution in [0, 0.1) is 0 Å². The lowest BCUT2D eigenvalue weighted by molar-refractivity contribution is 0.598. The van der Waals surface area contributed by atoms with Crippen molar-refractivity contribution in [1.82, 2.24) is 0 Å². The van der Waals surface area contributed by atoms with Gasteiger partial charge in [0.05, 0.1) is 4.90 Å². The van der Waals surface area contributed by atoms with Gasteiger partial charge in [-0.15, -0.1) is 0 Å². The molecule has 112 valence electrons. The molecule has 2 aromatic rings. The van der Waals surface area contributed by atoms with Crippen LogP contribution in [0.3, 0.4) is 0 Å². The standard InChI is InChI=1S/C15H19N3O2S/c16-10-2-4-12-3-1-5-14(11-12)18-13-6-8-15(9-7-13)21(17,19)20/h1,3,5-9,11,18H,2,4,10,16H2,(H2,17,19,20). The highest BCUT2D eigenvalue weighted by atomic mass is 32.2. The average molecular weight is 305 g/mol. The first-order chi connectivity index (χ1) is 9.99. The van der Waals surface area contributed by atoms with E-state index in [1.54, 1.807) is 12.1 Å². The maximum atomic E-state index is 11.2. The molecule has 0 saturated carbocycles. The molecule has 0 aliphatic rings. The molecule has 0 atom stereocenters. The fourth-order valence-corrected chi connectivity index (χ4v) is 2.52. The molecule has 0 fully saturated rings. The molecule has 6 heteroatoms. The van der Waals surface area contributed by atoms with Gasteiger partial charge in [-0.1, -0.05) is 12.1 Å². The Morgan fingerprint density at radius 2 is 1.71 bits per heavy atom. The number of nitrogens with two attached hydrogens (primary N) is 2. The summed E-state index contributed by atoms with van der Waals surface area (Å²) in [4.78, 5) is 0.102. The van der Waals surface area contributed by atoms with Gasteiger partial charge in [0, 0.05) is 11.4 Å². The zero-order valence-electron chi connectivity index (χ0n) is 11.6. The van der Waals surface area contributed by atoms with Gasteiger partial charge < -0.3 is 11.1 Å². The van der Waals surface area contributed by atoms with E-state index >= 15 is 0 Å². The number of nitrogens with one attached hydrogen (secondary N) is 1. The number of sulfonamides is 1. The predicted molar refractivity (Wildman–Crippen MR) is 84.9 cm³/mol. The Bertz CT molecular complexity index is 697. The average Bonchev–Trinajstić information content (AvgIpc) is 2.45. The summed E-state index contributed by atoms with van der Waals surface area (Å²) < 4.78 is 22.4. The summed E-state index contributed by atoms with van der Waals surface area (Å²) in [5.41, 5.74) is 8.48. The van der Waals surface area contributed by atoms with Gasteiger partial charge in [0.25, 0.3) is 0 Å². The zero-order chi connectivity index (χ0) is 15.3. The van der Waals surface area contributed by atoms with Gasteiger partial charge in [0.1, 0.15) is 0 Å². The topological polar surface area (TPSA) is 98.2 Å². The van der Waals surface area contributed by atoms with Crippen LogP contribution in [0.15, 0.2) is 53.4 Å². The smallest absolute Gasteiger partial charge is 0.238 e. The lowest BCUT2D eigenvalue weighted by Gasteiger charge is -2.09. The number of hydrogen-bond acceptors (Lipinski definition) is 4. The summed E-state index contributed by atoms with van der Waals surface area (Å²) in [7, 11) is -3.65. The van der Waals surface area contributed by atoms with Crippen molar-refractivity contribution in [2.24, 2.45) is 10.9 Å². The van der Waals surface area contributed by atoms with Gasteiger partial charge in [0.2, 0.25) is 10.0 Å². The molecule has 5 nitrogen and oxygen atoms in total. The minimum atomic E-state index is -3.65. The number of anilines is 2. The Morgan fingerprint density at radius 1 is 1.00 bits per heavy atom. The molecule has 0 spiro atoms. The summed E-state index contributed by atoms with van der Waals surface area (Å²) in [6.07, 6.45) is 1.89. The van der Waals surface area contributed by atoms with Crippen LogP contribution < -0.4 is 16.2 Å². The van der Waals surface area contributed by atoms with Crippen molar-refractivity contribution in [3.8, 4) is 0 Å². The Balaban J connectivity index is 2.11. The summed E-state index contributed by atoms with van der Waals surface area (Å²) >= 11 is 0. The third kappa shape index (κ3) is 4.56. The molecular formula is C15H19N3O2S. The second-order valence-corrected chi connectivity index (χ2v) is 6.35. The molecule has 0 aromatic heterocycles. The van der Waals surface area contributed by atoms with E-state index in [0.717, 1.165) is 24.2 Å². The van der Waals surface area contributed by atoms with Crippen LogP contribution in [0.1, 0.15) is 12.0 Å². The summed E-state index contributed by atoms with van der Waals surface area (Å²) in [5, 5.41) is 8.30. The number of hydrogen-bond donors (Lipinski definition) is 3. The maximum Gasteiger partial charge on any atom is 0.238 e. The molecule has 0 saturated heterocycles. The minimum absolute atomic E-state index is 0.102. The summed E-state index contributed by atoms with van der Waals surface area (Å²) in [6, 6.07) is 14.4. The van der Waals surface area contributed by atoms with E-state index < -0.39 is 10.0 Å². The highest BCUT2D eigenvalue weighted by molar-refractivity contribution is 7.89. The zero-order valence-corrected chi connectivity index (χ0v) is 12.4. The highest BCUT2D eigenvalue weighted by Gasteiger charge is 2.06. The van der Waals surface area contributed by atoms with E-state index in [4.69, 9.17) is 10.9 Å².